The SMILES string of the molecule is Nn1c(SCC(=O)Nc2cccc(C(F)(F)F)c2)nnc1-c1cccc(F)c1. The average molecular weight is 411 g/mol. The van der Waals surface area contributed by atoms with E-state index >= 15 is 0 Å². The lowest BCUT2D eigenvalue weighted by atomic mass is 10.2. The molecule has 3 N–H and O–H groups in total. The molecule has 28 heavy (non-hydrogen) atoms. The normalized spacial score (nSPS) is 11.4. The molecule has 146 valence electrons. The number of nitrogen functional groups attached to an aromatic ring is 1. The highest BCUT2D eigenvalue weighted by atomic mass is 32.2. The molecule has 11 heteroatoms. The Morgan fingerprint density at radius 3 is 2.61 bits per heavy atom. The summed E-state index contributed by atoms with van der Waals surface area (Å²) in [6.07, 6.45) is -4.50. The van der Waals surface area contributed by atoms with Gasteiger partial charge >= 0.3 is 6.18 Å². The van der Waals surface area contributed by atoms with E-state index in [1.807, 2.05) is 0 Å². The second kappa shape index (κ2) is 7.89. The maximum Gasteiger partial charge on any atom is 0.416 e. The number of benzene rings is 2. The minimum Gasteiger partial charge on any atom is -0.335 e. The summed E-state index contributed by atoms with van der Waals surface area (Å²) >= 11 is 0.940. The molecule has 3 rings (SSSR count). The molecular formula is C17H13F4N5OS. The Morgan fingerprint density at radius 2 is 1.89 bits per heavy atom. The van der Waals surface area contributed by atoms with Crippen LogP contribution in [0.5, 0.6) is 0 Å². The fourth-order valence-corrected chi connectivity index (χ4v) is 2.96. The third kappa shape index (κ3) is 4.60. The molecule has 1 heterocycles. The van der Waals surface area contributed by atoms with Gasteiger partial charge in [0.1, 0.15) is 5.82 Å². The van der Waals surface area contributed by atoms with Crippen molar-refractivity contribution in [3.63, 3.8) is 0 Å². The van der Waals surface area contributed by atoms with Crippen molar-refractivity contribution in [1.29, 1.82) is 0 Å². The molecule has 3 aromatic rings. The lowest BCUT2D eigenvalue weighted by Crippen LogP contribution is -2.17. The predicted molar refractivity (Wildman–Crippen MR) is 96.4 cm³/mol. The number of carbonyl (C=O) groups is 1. The second-order valence-corrected chi connectivity index (χ2v) is 6.54. The van der Waals surface area contributed by atoms with Gasteiger partial charge in [-0.2, -0.15) is 13.2 Å². The first-order valence-electron chi connectivity index (χ1n) is 7.80. The zero-order chi connectivity index (χ0) is 20.3. The molecule has 0 saturated heterocycles. The third-order valence-corrected chi connectivity index (χ3v) is 4.50. The van der Waals surface area contributed by atoms with E-state index in [2.05, 4.69) is 15.5 Å². The topological polar surface area (TPSA) is 85.8 Å². The molecular weight excluding hydrogens is 398 g/mol. The quantitative estimate of drug-likeness (QED) is 0.381. The molecule has 0 bridgehead atoms. The minimum atomic E-state index is -4.50. The predicted octanol–water partition coefficient (Wildman–Crippen LogP) is 3.55. The number of hydrogen-bond acceptors (Lipinski definition) is 5. The number of alkyl halides is 3. The van der Waals surface area contributed by atoms with Gasteiger partial charge in [0.25, 0.3) is 0 Å². The largest absolute Gasteiger partial charge is 0.416 e. The van der Waals surface area contributed by atoms with Crippen LogP contribution in [0.4, 0.5) is 23.2 Å². The van der Waals surface area contributed by atoms with Gasteiger partial charge in [0.05, 0.1) is 11.3 Å². The Balaban J connectivity index is 1.64. The molecule has 0 aliphatic heterocycles. The number of amides is 1. The summed E-state index contributed by atoms with van der Waals surface area (Å²) in [5.41, 5.74) is -0.426. The van der Waals surface area contributed by atoms with Crippen LogP contribution in [0.15, 0.2) is 53.7 Å². The number of nitrogens with two attached hydrogens (primary N) is 1. The van der Waals surface area contributed by atoms with Crippen LogP contribution in [-0.2, 0) is 11.0 Å². The molecule has 0 atom stereocenters. The van der Waals surface area contributed by atoms with Crippen molar-refractivity contribution in [3.05, 3.63) is 59.9 Å². The van der Waals surface area contributed by atoms with Crippen molar-refractivity contribution in [2.75, 3.05) is 16.9 Å². The highest BCUT2D eigenvalue weighted by Gasteiger charge is 2.30. The van der Waals surface area contributed by atoms with E-state index in [4.69, 9.17) is 5.84 Å². The van der Waals surface area contributed by atoms with Gasteiger partial charge in [-0.05, 0) is 30.3 Å². The highest BCUT2D eigenvalue weighted by Crippen LogP contribution is 2.30. The molecule has 1 aromatic heterocycles. The van der Waals surface area contributed by atoms with Crippen LogP contribution in [0.1, 0.15) is 5.56 Å². The first-order chi connectivity index (χ1) is 13.2. The van der Waals surface area contributed by atoms with Crippen molar-refractivity contribution in [1.82, 2.24) is 14.9 Å². The summed E-state index contributed by atoms with van der Waals surface area (Å²) in [5.74, 6) is 4.93. The van der Waals surface area contributed by atoms with E-state index in [0.29, 0.717) is 5.56 Å². The molecule has 0 fully saturated rings. The number of nitrogens with one attached hydrogen (secondary N) is 1. The van der Waals surface area contributed by atoms with Gasteiger partial charge < -0.3 is 11.2 Å². The number of anilines is 1. The Morgan fingerprint density at radius 1 is 1.14 bits per heavy atom. The highest BCUT2D eigenvalue weighted by molar-refractivity contribution is 7.99. The van der Waals surface area contributed by atoms with E-state index in [9.17, 15) is 22.4 Å². The third-order valence-electron chi connectivity index (χ3n) is 3.55. The summed E-state index contributed by atoms with van der Waals surface area (Å²) < 4.78 is 52.6. The Bertz CT molecular complexity index is 1010. The van der Waals surface area contributed by atoms with Gasteiger partial charge in [-0.25, -0.2) is 9.07 Å². The summed E-state index contributed by atoms with van der Waals surface area (Å²) in [7, 11) is 0. The first-order valence-corrected chi connectivity index (χ1v) is 8.79. The van der Waals surface area contributed by atoms with Crippen LogP contribution in [0.3, 0.4) is 0 Å². The summed E-state index contributed by atoms with van der Waals surface area (Å²) in [6.45, 7) is 0. The van der Waals surface area contributed by atoms with E-state index in [0.717, 1.165) is 28.6 Å². The minimum absolute atomic E-state index is 0.0232. The lowest BCUT2D eigenvalue weighted by Gasteiger charge is -2.09. The van der Waals surface area contributed by atoms with Crippen LogP contribution in [-0.4, -0.2) is 26.5 Å². The van der Waals surface area contributed by atoms with Crippen molar-refractivity contribution < 1.29 is 22.4 Å². The number of rotatable bonds is 5. The fourth-order valence-electron chi connectivity index (χ4n) is 2.30. The molecule has 2 aromatic carbocycles. The Kier molecular flexibility index (Phi) is 5.54. The molecule has 1 amide bonds. The average Bonchev–Trinajstić information content (AvgIpc) is 3.00. The van der Waals surface area contributed by atoms with Gasteiger partial charge in [0, 0.05) is 11.3 Å². The molecule has 0 radical (unpaired) electrons. The lowest BCUT2D eigenvalue weighted by molar-refractivity contribution is -0.137. The molecule has 6 nitrogen and oxygen atoms in total. The Labute approximate surface area is 160 Å². The number of carbonyl (C=O) groups excluding carboxylic acids is 1. The number of aromatic nitrogens is 3. The molecule has 0 aliphatic carbocycles. The molecule has 0 saturated carbocycles. The van der Waals surface area contributed by atoms with E-state index in [1.54, 1.807) is 6.07 Å². The van der Waals surface area contributed by atoms with Gasteiger partial charge in [-0.15, -0.1) is 10.2 Å². The van der Waals surface area contributed by atoms with Gasteiger partial charge in [-0.1, -0.05) is 30.0 Å². The van der Waals surface area contributed by atoms with Crippen molar-refractivity contribution in [3.8, 4) is 11.4 Å². The van der Waals surface area contributed by atoms with Crippen LogP contribution in [0.25, 0.3) is 11.4 Å². The zero-order valence-electron chi connectivity index (χ0n) is 14.1. The van der Waals surface area contributed by atoms with Gasteiger partial charge in [0.2, 0.25) is 11.1 Å². The van der Waals surface area contributed by atoms with Crippen molar-refractivity contribution >= 4 is 23.4 Å². The number of hydrogen-bond donors (Lipinski definition) is 2. The maximum atomic E-state index is 13.3. The first kappa shape index (κ1) is 19.7. The number of thioether (sulfide) groups is 1. The summed E-state index contributed by atoms with van der Waals surface area (Å²) in [6, 6.07) is 9.92. The van der Waals surface area contributed by atoms with Crippen LogP contribution in [0, 0.1) is 5.82 Å². The van der Waals surface area contributed by atoms with Gasteiger partial charge in [-0.3, -0.25) is 4.79 Å². The van der Waals surface area contributed by atoms with Gasteiger partial charge in [0.15, 0.2) is 5.82 Å². The van der Waals surface area contributed by atoms with Crippen molar-refractivity contribution in [2.24, 2.45) is 0 Å². The van der Waals surface area contributed by atoms with E-state index in [1.165, 1.54) is 30.3 Å². The fraction of sp³-hybridized carbons (Fsp3) is 0.118. The monoisotopic (exact) mass is 411 g/mol. The number of halogens is 4. The zero-order valence-corrected chi connectivity index (χ0v) is 14.9. The molecule has 0 unspecified atom stereocenters. The number of nitrogens with zero attached hydrogens (tertiary/aromatic N) is 3. The van der Waals surface area contributed by atoms with E-state index in [-0.39, 0.29) is 22.4 Å². The van der Waals surface area contributed by atoms with Crippen LogP contribution < -0.4 is 11.2 Å². The maximum absolute atomic E-state index is 13.3. The van der Waals surface area contributed by atoms with Crippen LogP contribution >= 0.6 is 11.8 Å². The second-order valence-electron chi connectivity index (χ2n) is 5.60. The Hall–Kier alpha value is -3.08. The van der Waals surface area contributed by atoms with Crippen molar-refractivity contribution in [2.45, 2.75) is 11.3 Å². The molecule has 0 spiro atoms. The summed E-state index contributed by atoms with van der Waals surface area (Å²) in [4.78, 5) is 12.0. The smallest absolute Gasteiger partial charge is 0.335 e. The summed E-state index contributed by atoms with van der Waals surface area (Å²) in [5, 5.41) is 10.3. The van der Waals surface area contributed by atoms with Crippen LogP contribution in [0.2, 0.25) is 0 Å². The standard InChI is InChI=1S/C17H13F4N5OS/c18-12-5-1-3-10(7-12)15-24-25-16(26(15)22)28-9-14(27)23-13-6-2-4-11(8-13)17(19,20)21/h1-8H,9,22H2,(H,23,27). The molecule has 0 aliphatic rings. The van der Waals surface area contributed by atoms with E-state index < -0.39 is 23.5 Å².